The molecule has 0 aliphatic rings. The van der Waals surface area contributed by atoms with Crippen LogP contribution in [-0.2, 0) is 43.2 Å². The Hall–Kier alpha value is -4.66. The molecule has 0 bridgehead atoms. The SMILES string of the molecule is CC(NC(=O)[C@H](Cc1cccc(F)c1)NC(=O)Cc1ccccc1)C(=O)C(=O)N[C@H](C=O)Cc1ccccc1. The Bertz CT molecular complexity index is 1300. The zero-order valence-electron chi connectivity index (χ0n) is 21.4. The van der Waals surface area contributed by atoms with Crippen LogP contribution in [0.15, 0.2) is 84.9 Å². The fourth-order valence-electron chi connectivity index (χ4n) is 3.95. The summed E-state index contributed by atoms with van der Waals surface area (Å²) in [6.07, 6.45) is 0.715. The Morgan fingerprint density at radius 2 is 1.38 bits per heavy atom. The molecule has 39 heavy (non-hydrogen) atoms. The fourth-order valence-corrected chi connectivity index (χ4v) is 3.95. The van der Waals surface area contributed by atoms with E-state index in [4.69, 9.17) is 0 Å². The number of amides is 3. The molecule has 3 amide bonds. The van der Waals surface area contributed by atoms with E-state index in [1.807, 2.05) is 12.1 Å². The van der Waals surface area contributed by atoms with Crippen molar-refractivity contribution in [2.45, 2.75) is 44.3 Å². The number of hydrogen-bond acceptors (Lipinski definition) is 5. The number of Topliss-reactive ketones (excluding diaryl/α,β-unsaturated/α-hetero) is 1. The van der Waals surface area contributed by atoms with Crippen molar-refractivity contribution < 1.29 is 28.4 Å². The summed E-state index contributed by atoms with van der Waals surface area (Å²) in [5, 5.41) is 7.49. The minimum Gasteiger partial charge on any atom is -0.344 e. The van der Waals surface area contributed by atoms with E-state index in [9.17, 15) is 28.4 Å². The predicted octanol–water partition coefficient (Wildman–Crippen LogP) is 2.10. The molecule has 0 aromatic heterocycles. The molecule has 0 aliphatic heterocycles. The minimum absolute atomic E-state index is 0.0131. The lowest BCUT2D eigenvalue weighted by molar-refractivity contribution is -0.140. The van der Waals surface area contributed by atoms with Crippen LogP contribution >= 0.6 is 0 Å². The highest BCUT2D eigenvalue weighted by atomic mass is 19.1. The summed E-state index contributed by atoms with van der Waals surface area (Å²) in [7, 11) is 0. The Morgan fingerprint density at radius 1 is 0.769 bits per heavy atom. The van der Waals surface area contributed by atoms with E-state index in [2.05, 4.69) is 16.0 Å². The van der Waals surface area contributed by atoms with Gasteiger partial charge in [0.25, 0.3) is 5.91 Å². The molecule has 0 spiro atoms. The van der Waals surface area contributed by atoms with E-state index in [1.165, 1.54) is 25.1 Å². The number of rotatable bonds is 13. The maximum absolute atomic E-state index is 13.7. The summed E-state index contributed by atoms with van der Waals surface area (Å²) in [5.74, 6) is -3.63. The second kappa shape index (κ2) is 14.3. The monoisotopic (exact) mass is 531 g/mol. The summed E-state index contributed by atoms with van der Waals surface area (Å²) >= 11 is 0. The standard InChI is InChI=1S/C30H30FN3O5/c1-20(28(37)30(39)33-25(19-35)16-21-9-4-2-5-10-21)32-29(38)26(17-23-13-8-14-24(31)15-23)34-27(36)18-22-11-6-3-7-12-22/h2-15,19-20,25-26H,16-18H2,1H3,(H,32,38)(H,33,39)(H,34,36)/t20?,25-,26-/m0/s1. The molecule has 9 heteroatoms. The average Bonchev–Trinajstić information content (AvgIpc) is 2.92. The number of carbonyl (C=O) groups excluding carboxylic acids is 5. The van der Waals surface area contributed by atoms with E-state index in [0.717, 1.165) is 11.1 Å². The lowest BCUT2D eigenvalue weighted by Crippen LogP contribution is -2.54. The summed E-state index contributed by atoms with van der Waals surface area (Å²) in [6.45, 7) is 1.33. The Morgan fingerprint density at radius 3 is 2.00 bits per heavy atom. The Labute approximate surface area is 226 Å². The Balaban J connectivity index is 1.64. The van der Waals surface area contributed by atoms with Crippen molar-refractivity contribution in [2.75, 3.05) is 0 Å². The van der Waals surface area contributed by atoms with Crippen molar-refractivity contribution >= 4 is 29.8 Å². The van der Waals surface area contributed by atoms with Crippen LogP contribution in [-0.4, -0.2) is 47.9 Å². The molecule has 0 fully saturated rings. The molecule has 3 aromatic carbocycles. The molecule has 8 nitrogen and oxygen atoms in total. The van der Waals surface area contributed by atoms with Gasteiger partial charge in [-0.05, 0) is 42.2 Å². The first kappa shape index (κ1) is 28.9. The summed E-state index contributed by atoms with van der Waals surface area (Å²) < 4.78 is 13.7. The maximum atomic E-state index is 13.7. The van der Waals surface area contributed by atoms with E-state index >= 15 is 0 Å². The van der Waals surface area contributed by atoms with Crippen LogP contribution in [0.25, 0.3) is 0 Å². The largest absolute Gasteiger partial charge is 0.344 e. The van der Waals surface area contributed by atoms with Gasteiger partial charge in [0.2, 0.25) is 17.6 Å². The highest BCUT2D eigenvalue weighted by Crippen LogP contribution is 2.09. The predicted molar refractivity (Wildman–Crippen MR) is 143 cm³/mol. The Kier molecular flexibility index (Phi) is 10.6. The third kappa shape index (κ3) is 9.30. The van der Waals surface area contributed by atoms with E-state index < -0.39 is 47.4 Å². The quantitative estimate of drug-likeness (QED) is 0.230. The fraction of sp³-hybridized carbons (Fsp3) is 0.233. The van der Waals surface area contributed by atoms with Gasteiger partial charge in [-0.3, -0.25) is 19.2 Å². The highest BCUT2D eigenvalue weighted by Gasteiger charge is 2.29. The van der Waals surface area contributed by atoms with Gasteiger partial charge in [-0.2, -0.15) is 0 Å². The topological polar surface area (TPSA) is 121 Å². The van der Waals surface area contributed by atoms with Crippen LogP contribution in [0.3, 0.4) is 0 Å². The van der Waals surface area contributed by atoms with Crippen LogP contribution in [0.1, 0.15) is 23.6 Å². The molecule has 0 heterocycles. The smallest absolute Gasteiger partial charge is 0.290 e. The van der Waals surface area contributed by atoms with Gasteiger partial charge in [0.05, 0.1) is 18.5 Å². The van der Waals surface area contributed by atoms with Crippen molar-refractivity contribution in [2.24, 2.45) is 0 Å². The first-order chi connectivity index (χ1) is 18.7. The van der Waals surface area contributed by atoms with Crippen molar-refractivity contribution in [1.82, 2.24) is 16.0 Å². The van der Waals surface area contributed by atoms with Crippen LogP contribution in [0.5, 0.6) is 0 Å². The molecule has 0 aliphatic carbocycles. The lowest BCUT2D eigenvalue weighted by Gasteiger charge is -2.21. The van der Waals surface area contributed by atoms with Gasteiger partial charge in [0, 0.05) is 6.42 Å². The molecule has 0 saturated heterocycles. The van der Waals surface area contributed by atoms with Crippen LogP contribution in [0, 0.1) is 5.82 Å². The normalized spacial score (nSPS) is 12.9. The van der Waals surface area contributed by atoms with Crippen molar-refractivity contribution in [3.05, 3.63) is 107 Å². The van der Waals surface area contributed by atoms with Crippen molar-refractivity contribution in [1.29, 1.82) is 0 Å². The second-order valence-electron chi connectivity index (χ2n) is 9.12. The number of ketones is 1. The molecule has 3 rings (SSSR count). The molecule has 1 unspecified atom stereocenters. The first-order valence-corrected chi connectivity index (χ1v) is 12.5. The molecule has 3 N–H and O–H groups in total. The lowest BCUT2D eigenvalue weighted by atomic mass is 10.0. The van der Waals surface area contributed by atoms with Crippen LogP contribution in [0.2, 0.25) is 0 Å². The number of carbonyl (C=O) groups is 5. The van der Waals surface area contributed by atoms with Gasteiger partial charge >= 0.3 is 0 Å². The van der Waals surface area contributed by atoms with Crippen molar-refractivity contribution in [3.63, 3.8) is 0 Å². The third-order valence-electron chi connectivity index (χ3n) is 5.94. The zero-order valence-corrected chi connectivity index (χ0v) is 21.4. The number of halogens is 1. The van der Waals surface area contributed by atoms with Gasteiger partial charge in [-0.1, -0.05) is 72.8 Å². The van der Waals surface area contributed by atoms with Gasteiger partial charge < -0.3 is 20.7 Å². The minimum atomic E-state index is -1.25. The number of hydrogen-bond donors (Lipinski definition) is 3. The molecule has 202 valence electrons. The van der Waals surface area contributed by atoms with Gasteiger partial charge in [0.1, 0.15) is 18.1 Å². The molecule has 3 aromatic rings. The van der Waals surface area contributed by atoms with E-state index in [-0.39, 0.29) is 19.3 Å². The highest BCUT2D eigenvalue weighted by molar-refractivity contribution is 6.38. The molecular formula is C30H30FN3O5. The van der Waals surface area contributed by atoms with E-state index in [0.29, 0.717) is 11.8 Å². The zero-order chi connectivity index (χ0) is 28.2. The summed E-state index contributed by atoms with van der Waals surface area (Å²) in [4.78, 5) is 62.5. The number of aldehydes is 1. The molecule has 3 atom stereocenters. The first-order valence-electron chi connectivity index (χ1n) is 12.5. The third-order valence-corrected chi connectivity index (χ3v) is 5.94. The maximum Gasteiger partial charge on any atom is 0.290 e. The van der Waals surface area contributed by atoms with Gasteiger partial charge in [-0.25, -0.2) is 4.39 Å². The van der Waals surface area contributed by atoms with Gasteiger partial charge in [0.15, 0.2) is 0 Å². The molecule has 0 saturated carbocycles. The number of nitrogens with one attached hydrogen (secondary N) is 3. The second-order valence-corrected chi connectivity index (χ2v) is 9.12. The summed E-state index contributed by atoms with van der Waals surface area (Å²) in [5.41, 5.74) is 2.00. The molecular weight excluding hydrogens is 501 g/mol. The molecule has 0 radical (unpaired) electrons. The summed E-state index contributed by atoms with van der Waals surface area (Å²) in [6, 6.07) is 20.2. The van der Waals surface area contributed by atoms with Crippen LogP contribution < -0.4 is 16.0 Å². The van der Waals surface area contributed by atoms with Crippen LogP contribution in [0.4, 0.5) is 4.39 Å². The van der Waals surface area contributed by atoms with Gasteiger partial charge in [-0.15, -0.1) is 0 Å². The average molecular weight is 532 g/mol. The van der Waals surface area contributed by atoms with E-state index in [1.54, 1.807) is 54.6 Å². The van der Waals surface area contributed by atoms with Crippen molar-refractivity contribution in [3.8, 4) is 0 Å². The number of benzene rings is 3.